The minimum Gasteiger partial charge on any atom is -0.325 e. The summed E-state index contributed by atoms with van der Waals surface area (Å²) in [5, 5.41) is 7.44. The highest BCUT2D eigenvalue weighted by Crippen LogP contribution is 2.33. The number of hydrogen-bond donors (Lipinski definition) is 6. The maximum Gasteiger partial charge on any atom is 0.280 e. The molecule has 3 heterocycles. The Labute approximate surface area is 491 Å². The zero-order valence-electron chi connectivity index (χ0n) is 44.2. The molecule has 5 unspecified atom stereocenters. The molecule has 6 atom stereocenters. The Morgan fingerprint density at radius 1 is 0.439 bits per heavy atom. The van der Waals surface area contributed by atoms with Gasteiger partial charge >= 0.3 is 0 Å². The van der Waals surface area contributed by atoms with Crippen LogP contribution in [0.25, 0.3) is 0 Å². The Hall–Kier alpha value is -6.00. The van der Waals surface area contributed by atoms with Crippen LogP contribution in [0.15, 0.2) is 127 Å². The van der Waals surface area contributed by atoms with Crippen molar-refractivity contribution in [2.75, 3.05) is 37.1 Å². The molecule has 3 saturated heterocycles. The minimum absolute atomic E-state index is 0. The van der Waals surface area contributed by atoms with E-state index in [-0.39, 0.29) is 41.8 Å². The van der Waals surface area contributed by atoms with Crippen LogP contribution in [0.1, 0.15) is 78.2 Å². The van der Waals surface area contributed by atoms with Crippen LogP contribution in [0.2, 0.25) is 15.1 Å². The number of aryl methyl sites for hydroxylation is 3. The molecule has 6 aromatic rings. The van der Waals surface area contributed by atoms with E-state index in [9.17, 15) is 52.8 Å². The highest BCUT2D eigenvalue weighted by Gasteiger charge is 2.43. The van der Waals surface area contributed by atoms with E-state index in [1.54, 1.807) is 0 Å². The summed E-state index contributed by atoms with van der Waals surface area (Å²) in [7, 11) is -7.48. The molecule has 27 heteroatoms. The highest BCUT2D eigenvalue weighted by atomic mass is 35.5. The van der Waals surface area contributed by atoms with Gasteiger partial charge in [-0.2, -0.15) is 52.3 Å². The van der Waals surface area contributed by atoms with Gasteiger partial charge in [0.05, 0.1) is 15.1 Å². The van der Waals surface area contributed by atoms with Crippen molar-refractivity contribution in [3.63, 3.8) is 0 Å². The molecule has 3 aliphatic heterocycles. The lowest BCUT2D eigenvalue weighted by atomic mass is 9.98. The first-order valence-electron chi connectivity index (χ1n) is 24.7. The molecule has 0 bridgehead atoms. The second kappa shape index (κ2) is 27.1. The zero-order chi connectivity index (χ0) is 59.3. The van der Waals surface area contributed by atoms with Crippen LogP contribution in [0.4, 0.5) is 30.2 Å². The molecule has 0 radical (unpaired) electrons. The molecule has 3 amide bonds. The van der Waals surface area contributed by atoms with Gasteiger partial charge in [-0.1, -0.05) is 132 Å². The molecule has 3 aliphatic rings. The molecule has 3 fully saturated rings. The van der Waals surface area contributed by atoms with Crippen molar-refractivity contribution < 1.29 is 52.8 Å². The van der Waals surface area contributed by atoms with E-state index in [4.69, 9.17) is 34.8 Å². The number of likely N-dealkylation sites (N-methyl/N-ethyl adjacent to an activating group) is 3. The smallest absolute Gasteiger partial charge is 0.280 e. The average molecular weight is 1250 g/mol. The summed E-state index contributed by atoms with van der Waals surface area (Å²) in [5.41, 5.74) is 6.22. The fraction of sp³-hybridized carbons (Fsp3) is 0.291. The third-order valence-electron chi connectivity index (χ3n) is 13.5. The van der Waals surface area contributed by atoms with Crippen LogP contribution < -0.4 is 30.1 Å². The largest absolute Gasteiger partial charge is 0.325 e. The number of amides is 3. The van der Waals surface area contributed by atoms with Gasteiger partial charge in [0, 0.05) is 56.3 Å². The Morgan fingerprint density at radius 2 is 0.683 bits per heavy atom. The number of carbonyl (C=O) groups excluding carboxylic acids is 3. The summed E-state index contributed by atoms with van der Waals surface area (Å²) in [4.78, 5) is 38.2. The van der Waals surface area contributed by atoms with Gasteiger partial charge in [0.2, 0.25) is 17.7 Å². The van der Waals surface area contributed by atoms with Crippen LogP contribution in [-0.2, 0) is 45.0 Å². The quantitative estimate of drug-likeness (QED) is 0.0807. The number of halogens is 6. The molecular weight excluding hydrogens is 1190 g/mol. The van der Waals surface area contributed by atoms with Gasteiger partial charge in [0.25, 0.3) is 30.6 Å². The summed E-state index contributed by atoms with van der Waals surface area (Å²) >= 11 is 17.2. The maximum atomic E-state index is 13.3. The molecule has 82 heavy (non-hydrogen) atoms. The van der Waals surface area contributed by atoms with Crippen molar-refractivity contribution in [2.24, 2.45) is 0 Å². The lowest BCUT2D eigenvalue weighted by Gasteiger charge is -2.36. The van der Waals surface area contributed by atoms with Gasteiger partial charge in [-0.3, -0.25) is 14.4 Å². The van der Waals surface area contributed by atoms with Crippen molar-refractivity contribution in [1.82, 2.24) is 27.1 Å². The van der Waals surface area contributed by atoms with Crippen molar-refractivity contribution in [3.8, 4) is 0 Å². The molecule has 0 spiro atoms. The van der Waals surface area contributed by atoms with Crippen LogP contribution in [0.3, 0.4) is 0 Å². The van der Waals surface area contributed by atoms with Crippen LogP contribution in [0, 0.1) is 38.2 Å². The Bertz CT molecular complexity index is 3330. The molecule has 18 nitrogen and oxygen atoms in total. The Balaban J connectivity index is 0.000000197. The molecular formula is C55H61Cl3F3N9O9S3. The number of carbonyl (C=O) groups is 3. The van der Waals surface area contributed by atoms with E-state index in [0.29, 0.717) is 17.1 Å². The monoisotopic (exact) mass is 1250 g/mol. The van der Waals surface area contributed by atoms with Crippen molar-refractivity contribution >= 4 is 100 Å². The first kappa shape index (κ1) is 65.2. The third-order valence-corrected chi connectivity index (χ3v) is 19.2. The first-order valence-corrected chi connectivity index (χ1v) is 30.2. The zero-order valence-corrected chi connectivity index (χ0v) is 48.9. The summed E-state index contributed by atoms with van der Waals surface area (Å²) < 4.78 is 126. The normalized spacial score (nSPS) is 22.1. The standard InChI is InChI=1S/3C18H19ClFN3O3S.CH4/c3*1-11-4-3-5-12(8-11)16-10-17(23(2)27(25,26)22-16)18(24)21-13-6-7-15(20)14(19)9-13;/h3*3-9,16-17,22H,10H2,1-2H3,(H,21,24);1H4/t16-,17?;;;/m0.../s1. The van der Waals surface area contributed by atoms with E-state index in [2.05, 4.69) is 30.1 Å². The molecule has 440 valence electrons. The SMILES string of the molecule is C.Cc1cccc(C2CC(C(=O)Nc3ccc(F)c(Cl)c3)N(C)S(=O)(=O)N2)c1.Cc1cccc(C2CC(C(=O)Nc3ccc(F)c(Cl)c3)N(C)S(=O)(=O)N2)c1.Cc1cccc([C@@H]2CC(C(=O)Nc3ccc(F)c(Cl)c3)N(C)S(=O)(=O)N2)c1. The number of hydrogen-bond acceptors (Lipinski definition) is 9. The topological polar surface area (TPSA) is 236 Å². The number of nitrogens with one attached hydrogen (secondary N) is 6. The number of anilines is 3. The second-order valence-corrected chi connectivity index (χ2v) is 25.9. The first-order chi connectivity index (χ1) is 38.0. The lowest BCUT2D eigenvalue weighted by molar-refractivity contribution is -0.120. The van der Waals surface area contributed by atoms with Gasteiger partial charge in [-0.25, -0.2) is 13.2 Å². The summed E-state index contributed by atoms with van der Waals surface area (Å²) in [6.07, 6.45) is 0.750. The predicted octanol–water partition coefficient (Wildman–Crippen LogP) is 9.65. The fourth-order valence-corrected chi connectivity index (χ4v) is 13.4. The highest BCUT2D eigenvalue weighted by molar-refractivity contribution is 7.87. The summed E-state index contributed by atoms with van der Waals surface area (Å²) in [5.74, 6) is -3.34. The fourth-order valence-electron chi connectivity index (χ4n) is 9.04. The third kappa shape index (κ3) is 16.2. The van der Waals surface area contributed by atoms with Gasteiger partial charge < -0.3 is 16.0 Å². The van der Waals surface area contributed by atoms with E-state index >= 15 is 0 Å². The van der Waals surface area contributed by atoms with Crippen molar-refractivity contribution in [2.45, 2.75) is 83.7 Å². The van der Waals surface area contributed by atoms with Crippen molar-refractivity contribution in [1.29, 1.82) is 0 Å². The van der Waals surface area contributed by atoms with Crippen LogP contribution in [0.5, 0.6) is 0 Å². The van der Waals surface area contributed by atoms with E-state index in [0.717, 1.165) is 64.5 Å². The van der Waals surface area contributed by atoms with Gasteiger partial charge in [0.1, 0.15) is 35.6 Å². The van der Waals surface area contributed by atoms with E-state index in [1.807, 2.05) is 93.6 Å². The Kier molecular flexibility index (Phi) is 21.6. The van der Waals surface area contributed by atoms with E-state index in [1.165, 1.54) is 57.5 Å². The number of benzene rings is 6. The minimum atomic E-state index is -3.84. The van der Waals surface area contributed by atoms with Gasteiger partial charge in [0.15, 0.2) is 0 Å². The van der Waals surface area contributed by atoms with Crippen LogP contribution in [-0.4, -0.2) is 95.2 Å². The van der Waals surface area contributed by atoms with Crippen LogP contribution >= 0.6 is 34.8 Å². The second-order valence-electron chi connectivity index (χ2n) is 19.4. The van der Waals surface area contributed by atoms with Crippen molar-refractivity contribution in [3.05, 3.63) is 193 Å². The van der Waals surface area contributed by atoms with E-state index < -0.39 is 102 Å². The molecule has 0 saturated carbocycles. The molecule has 6 N–H and O–H groups in total. The molecule has 9 rings (SSSR count). The predicted molar refractivity (Wildman–Crippen MR) is 313 cm³/mol. The average Bonchev–Trinajstić information content (AvgIpc) is 3.58. The Morgan fingerprint density at radius 3 is 0.902 bits per heavy atom. The number of nitrogens with zero attached hydrogens (tertiary/aromatic N) is 3. The molecule has 0 aliphatic carbocycles. The maximum absolute atomic E-state index is 13.3. The summed E-state index contributed by atoms with van der Waals surface area (Å²) in [6.45, 7) is 5.74. The molecule has 6 aromatic carbocycles. The molecule has 0 aromatic heterocycles. The number of rotatable bonds is 9. The van der Waals surface area contributed by atoms with Gasteiger partial charge in [-0.05, 0) is 111 Å². The van der Waals surface area contributed by atoms with Gasteiger partial charge in [-0.15, -0.1) is 0 Å². The lowest BCUT2D eigenvalue weighted by Crippen LogP contribution is -2.55. The summed E-state index contributed by atoms with van der Waals surface area (Å²) in [6, 6.07) is 29.3.